The number of amides is 2. The molecule has 7 nitrogen and oxygen atoms in total. The number of carbonyl (C=O) groups excluding carboxylic acids is 2. The third kappa shape index (κ3) is 4.05. The van der Waals surface area contributed by atoms with E-state index >= 15 is 0 Å². The number of rotatable bonds is 6. The van der Waals surface area contributed by atoms with Crippen LogP contribution in [0.2, 0.25) is 0 Å². The molecule has 32 heavy (non-hydrogen) atoms. The van der Waals surface area contributed by atoms with Gasteiger partial charge in [0.15, 0.2) is 17.6 Å². The van der Waals surface area contributed by atoms with Crippen molar-refractivity contribution in [2.45, 2.75) is 44.9 Å². The minimum absolute atomic E-state index is 0.132. The minimum Gasteiger partial charge on any atom is -0.493 e. The maximum Gasteiger partial charge on any atom is 0.229 e. The van der Waals surface area contributed by atoms with E-state index in [0.717, 1.165) is 30.9 Å². The molecule has 0 aromatic heterocycles. The third-order valence-electron chi connectivity index (χ3n) is 6.56. The predicted octanol–water partition coefficient (Wildman–Crippen LogP) is 3.10. The van der Waals surface area contributed by atoms with E-state index in [1.165, 1.54) is 16.0 Å². The first-order valence-electron chi connectivity index (χ1n) is 11.2. The molecule has 3 aliphatic rings. The van der Waals surface area contributed by atoms with Gasteiger partial charge >= 0.3 is 0 Å². The zero-order valence-electron chi connectivity index (χ0n) is 18.5. The molecule has 168 valence electrons. The molecule has 0 radical (unpaired) electrons. The molecule has 3 aliphatic heterocycles. The molecule has 2 atom stereocenters. The van der Waals surface area contributed by atoms with Gasteiger partial charge in [-0.05, 0) is 48.9 Å². The fourth-order valence-corrected chi connectivity index (χ4v) is 4.52. The summed E-state index contributed by atoms with van der Waals surface area (Å²) >= 11 is 0. The van der Waals surface area contributed by atoms with E-state index in [9.17, 15) is 9.59 Å². The summed E-state index contributed by atoms with van der Waals surface area (Å²) in [6.07, 6.45) is 1.21. The van der Waals surface area contributed by atoms with Crippen LogP contribution in [-0.2, 0) is 22.6 Å². The highest BCUT2D eigenvalue weighted by Gasteiger charge is 2.33. The number of hydrogen-bond acceptors (Lipinski definition) is 6. The molecule has 5 rings (SSSR count). The van der Waals surface area contributed by atoms with Crippen molar-refractivity contribution in [1.82, 2.24) is 9.80 Å². The fraction of sp³-hybridized carbons (Fsp3) is 0.440. The van der Waals surface area contributed by atoms with E-state index in [1.807, 2.05) is 18.2 Å². The summed E-state index contributed by atoms with van der Waals surface area (Å²) in [6.45, 7) is 4.31. The maximum atomic E-state index is 11.9. The second-order valence-corrected chi connectivity index (χ2v) is 8.79. The first kappa shape index (κ1) is 20.8. The van der Waals surface area contributed by atoms with Crippen LogP contribution in [0, 0.1) is 0 Å². The molecule has 1 fully saturated rings. The van der Waals surface area contributed by atoms with Crippen LogP contribution in [-0.4, -0.2) is 54.5 Å². The molecule has 0 N–H and O–H groups in total. The van der Waals surface area contributed by atoms with Crippen LogP contribution < -0.4 is 14.2 Å². The first-order chi connectivity index (χ1) is 15.5. The lowest BCUT2D eigenvalue weighted by Gasteiger charge is -2.30. The Hall–Kier alpha value is -3.06. The second-order valence-electron chi connectivity index (χ2n) is 8.79. The van der Waals surface area contributed by atoms with Crippen LogP contribution in [0.25, 0.3) is 0 Å². The number of likely N-dealkylation sites (tertiary alicyclic amines) is 1. The van der Waals surface area contributed by atoms with E-state index in [2.05, 4.69) is 37.1 Å². The van der Waals surface area contributed by atoms with Crippen molar-refractivity contribution in [2.75, 3.05) is 26.8 Å². The van der Waals surface area contributed by atoms with E-state index in [1.54, 1.807) is 0 Å². The largest absolute Gasteiger partial charge is 0.493 e. The zero-order valence-corrected chi connectivity index (χ0v) is 18.5. The summed E-state index contributed by atoms with van der Waals surface area (Å²) in [5.41, 5.74) is 3.70. The van der Waals surface area contributed by atoms with Gasteiger partial charge in [0.05, 0.1) is 13.2 Å². The van der Waals surface area contributed by atoms with Gasteiger partial charge < -0.3 is 14.2 Å². The standard InChI is InChI=1S/C25H28N2O5/c1-16(18-4-6-21-19(12-18)9-10-30-21)26(2)13-17-3-5-22-23(11-17)31-15-20(32-22)14-27-24(28)7-8-25(27)29/h3-6,11-12,16,20H,7-10,13-15H2,1-2H3/t16?,20-/m0/s1. The molecule has 0 aliphatic carbocycles. The van der Waals surface area contributed by atoms with Crippen LogP contribution in [0.3, 0.4) is 0 Å². The van der Waals surface area contributed by atoms with Gasteiger partial charge in [-0.1, -0.05) is 18.2 Å². The molecule has 1 unspecified atom stereocenters. The fourth-order valence-electron chi connectivity index (χ4n) is 4.52. The molecule has 2 aromatic carbocycles. The lowest BCUT2D eigenvalue weighted by Crippen LogP contribution is -2.43. The molecule has 2 aromatic rings. The lowest BCUT2D eigenvalue weighted by molar-refractivity contribution is -0.140. The second kappa shape index (κ2) is 8.47. The Bertz CT molecular complexity index is 1040. The SMILES string of the molecule is CC(c1ccc2c(c1)CCO2)N(C)Cc1ccc2c(c1)OC[C@H](CN1C(=O)CCC1=O)O2. The van der Waals surface area contributed by atoms with Gasteiger partial charge in [0.2, 0.25) is 11.8 Å². The van der Waals surface area contributed by atoms with Crippen LogP contribution in [0.15, 0.2) is 36.4 Å². The van der Waals surface area contributed by atoms with Gasteiger partial charge in [-0.3, -0.25) is 19.4 Å². The van der Waals surface area contributed by atoms with Gasteiger partial charge in [0.1, 0.15) is 12.4 Å². The van der Waals surface area contributed by atoms with Gasteiger partial charge in [-0.2, -0.15) is 0 Å². The van der Waals surface area contributed by atoms with Crippen molar-refractivity contribution < 1.29 is 23.8 Å². The van der Waals surface area contributed by atoms with Gasteiger partial charge in [-0.15, -0.1) is 0 Å². The molecular formula is C25H28N2O5. The van der Waals surface area contributed by atoms with Crippen molar-refractivity contribution >= 4 is 11.8 Å². The van der Waals surface area contributed by atoms with Crippen molar-refractivity contribution in [3.8, 4) is 17.2 Å². The molecule has 1 saturated heterocycles. The highest BCUT2D eigenvalue weighted by atomic mass is 16.6. The average molecular weight is 437 g/mol. The number of hydrogen-bond donors (Lipinski definition) is 0. The Balaban J connectivity index is 1.22. The smallest absolute Gasteiger partial charge is 0.229 e. The molecule has 0 bridgehead atoms. The molecule has 0 spiro atoms. The monoisotopic (exact) mass is 436 g/mol. The summed E-state index contributed by atoms with van der Waals surface area (Å²) in [7, 11) is 2.12. The topological polar surface area (TPSA) is 68.3 Å². The van der Waals surface area contributed by atoms with Crippen molar-refractivity contribution in [2.24, 2.45) is 0 Å². The molecule has 2 amide bonds. The molecular weight excluding hydrogens is 408 g/mol. The van der Waals surface area contributed by atoms with Crippen LogP contribution >= 0.6 is 0 Å². The average Bonchev–Trinajstić information content (AvgIpc) is 3.39. The van der Waals surface area contributed by atoms with Crippen LogP contribution in [0.4, 0.5) is 0 Å². The zero-order chi connectivity index (χ0) is 22.2. The lowest BCUT2D eigenvalue weighted by atomic mass is 10.0. The first-order valence-corrected chi connectivity index (χ1v) is 11.2. The van der Waals surface area contributed by atoms with Crippen molar-refractivity contribution in [3.05, 3.63) is 53.1 Å². The van der Waals surface area contributed by atoms with Gasteiger partial charge in [0.25, 0.3) is 0 Å². The quantitative estimate of drug-likeness (QED) is 0.649. The number of nitrogens with zero attached hydrogens (tertiary/aromatic N) is 2. The summed E-state index contributed by atoms with van der Waals surface area (Å²) < 4.78 is 17.6. The summed E-state index contributed by atoms with van der Waals surface area (Å²) in [5.74, 6) is 2.10. The van der Waals surface area contributed by atoms with E-state index in [-0.39, 0.29) is 43.3 Å². The van der Waals surface area contributed by atoms with Crippen LogP contribution in [0.5, 0.6) is 17.2 Å². The normalized spacial score (nSPS) is 20.5. The maximum absolute atomic E-state index is 11.9. The minimum atomic E-state index is -0.342. The number of imide groups is 1. The number of carbonyl (C=O) groups is 2. The van der Waals surface area contributed by atoms with E-state index in [4.69, 9.17) is 14.2 Å². The molecule has 0 saturated carbocycles. The Morgan fingerprint density at radius 2 is 1.78 bits per heavy atom. The number of benzene rings is 2. The van der Waals surface area contributed by atoms with E-state index in [0.29, 0.717) is 18.1 Å². The van der Waals surface area contributed by atoms with Crippen molar-refractivity contribution in [1.29, 1.82) is 0 Å². The predicted molar refractivity (Wildman–Crippen MR) is 118 cm³/mol. The Morgan fingerprint density at radius 3 is 2.59 bits per heavy atom. The third-order valence-corrected chi connectivity index (χ3v) is 6.56. The molecule has 7 heteroatoms. The summed E-state index contributed by atoms with van der Waals surface area (Å²) in [5, 5.41) is 0. The Labute approximate surface area is 187 Å². The molecule has 3 heterocycles. The highest BCUT2D eigenvalue weighted by molar-refractivity contribution is 6.01. The summed E-state index contributed by atoms with van der Waals surface area (Å²) in [6, 6.07) is 12.7. The van der Waals surface area contributed by atoms with Crippen LogP contribution in [0.1, 0.15) is 42.5 Å². The number of ether oxygens (including phenoxy) is 3. The highest BCUT2D eigenvalue weighted by Crippen LogP contribution is 2.34. The van der Waals surface area contributed by atoms with Gasteiger partial charge in [0, 0.05) is 31.8 Å². The number of fused-ring (bicyclic) bond motifs is 2. The summed E-state index contributed by atoms with van der Waals surface area (Å²) in [4.78, 5) is 27.3. The Morgan fingerprint density at radius 1 is 1.00 bits per heavy atom. The van der Waals surface area contributed by atoms with Gasteiger partial charge in [-0.25, -0.2) is 0 Å². The van der Waals surface area contributed by atoms with E-state index < -0.39 is 0 Å². The van der Waals surface area contributed by atoms with Crippen molar-refractivity contribution in [3.63, 3.8) is 0 Å². The Kier molecular flexibility index (Phi) is 5.51.